The molecule has 1 aliphatic carbocycles. The SMILES string of the molecule is Cc1noc(Cn2cc(C(=O)N[C@@H]3CCC[C@H](Nc4cc(C(F)(F)F)nc5ccc(Cl)cc45)C3)cn2)n1. The van der Waals surface area contributed by atoms with Gasteiger partial charge >= 0.3 is 6.18 Å². The number of benzene rings is 1. The summed E-state index contributed by atoms with van der Waals surface area (Å²) in [4.78, 5) is 20.7. The molecule has 1 amide bonds. The number of nitrogens with zero attached hydrogens (tertiary/aromatic N) is 5. The third-order valence-electron chi connectivity index (χ3n) is 6.19. The number of hydrogen-bond donors (Lipinski definition) is 2. The standard InChI is InChI=1S/C24H23ClF3N7O2/c1-13-30-22(37-34-13)12-35-11-14(10-29-35)23(36)32-17-4-2-3-16(8-17)31-20-9-21(24(26,27)28)33-19-6-5-15(25)7-18(19)20/h5-7,9-11,16-17H,2-4,8,12H2,1H3,(H,31,33)(H,32,36)/t16-,17+/m0/s1. The third-order valence-corrected chi connectivity index (χ3v) is 6.43. The van der Waals surface area contributed by atoms with E-state index in [9.17, 15) is 18.0 Å². The monoisotopic (exact) mass is 533 g/mol. The number of aryl methyl sites for hydroxylation is 1. The van der Waals surface area contributed by atoms with Crippen LogP contribution in [0.3, 0.4) is 0 Å². The minimum Gasteiger partial charge on any atom is -0.382 e. The Kier molecular flexibility index (Phi) is 6.76. The fourth-order valence-electron chi connectivity index (χ4n) is 4.51. The Labute approximate surface area is 214 Å². The Balaban J connectivity index is 1.27. The first kappa shape index (κ1) is 25.0. The van der Waals surface area contributed by atoms with E-state index in [-0.39, 0.29) is 30.1 Å². The van der Waals surface area contributed by atoms with Crippen LogP contribution in [0.4, 0.5) is 18.9 Å². The van der Waals surface area contributed by atoms with E-state index in [0.29, 0.717) is 39.8 Å². The van der Waals surface area contributed by atoms with Crippen molar-refractivity contribution in [3.8, 4) is 0 Å². The summed E-state index contributed by atoms with van der Waals surface area (Å²) < 4.78 is 47.0. The summed E-state index contributed by atoms with van der Waals surface area (Å²) in [6, 6.07) is 5.30. The number of anilines is 1. The van der Waals surface area contributed by atoms with Crippen LogP contribution in [0.25, 0.3) is 10.9 Å². The number of carbonyl (C=O) groups excluding carboxylic acids is 1. The number of rotatable bonds is 6. The molecule has 0 spiro atoms. The first-order chi connectivity index (χ1) is 17.6. The van der Waals surface area contributed by atoms with Gasteiger partial charge in [0, 0.05) is 34.4 Å². The molecule has 1 saturated carbocycles. The fourth-order valence-corrected chi connectivity index (χ4v) is 4.69. The van der Waals surface area contributed by atoms with E-state index in [1.54, 1.807) is 19.2 Å². The van der Waals surface area contributed by atoms with Gasteiger partial charge in [-0.25, -0.2) is 4.98 Å². The molecule has 0 aliphatic heterocycles. The van der Waals surface area contributed by atoms with Gasteiger partial charge < -0.3 is 15.2 Å². The van der Waals surface area contributed by atoms with Gasteiger partial charge in [0.15, 0.2) is 5.82 Å². The number of carbonyl (C=O) groups is 1. The number of aromatic nitrogens is 5. The molecule has 0 radical (unpaired) electrons. The minimum atomic E-state index is -4.58. The van der Waals surface area contributed by atoms with E-state index in [4.69, 9.17) is 16.1 Å². The number of fused-ring (bicyclic) bond motifs is 1. The second kappa shape index (κ2) is 10.0. The van der Waals surface area contributed by atoms with Gasteiger partial charge in [0.05, 0.1) is 17.3 Å². The minimum absolute atomic E-state index is 0.145. The van der Waals surface area contributed by atoms with Crippen molar-refractivity contribution in [3.63, 3.8) is 0 Å². The Morgan fingerprint density at radius 3 is 2.78 bits per heavy atom. The highest BCUT2D eigenvalue weighted by molar-refractivity contribution is 6.31. The molecule has 0 unspecified atom stereocenters. The first-order valence-electron chi connectivity index (χ1n) is 11.7. The summed E-state index contributed by atoms with van der Waals surface area (Å²) in [5, 5.41) is 15.1. The van der Waals surface area contributed by atoms with Crippen LogP contribution in [0.5, 0.6) is 0 Å². The average molecular weight is 534 g/mol. The Morgan fingerprint density at radius 1 is 1.22 bits per heavy atom. The van der Waals surface area contributed by atoms with E-state index < -0.39 is 11.9 Å². The molecule has 3 heterocycles. The predicted octanol–water partition coefficient (Wildman–Crippen LogP) is 5.00. The van der Waals surface area contributed by atoms with Crippen LogP contribution >= 0.6 is 11.6 Å². The van der Waals surface area contributed by atoms with Gasteiger partial charge in [-0.15, -0.1) is 0 Å². The topological polar surface area (TPSA) is 111 Å². The quantitative estimate of drug-likeness (QED) is 0.359. The maximum Gasteiger partial charge on any atom is 0.433 e. The van der Waals surface area contributed by atoms with Crippen molar-refractivity contribution >= 4 is 34.1 Å². The van der Waals surface area contributed by atoms with Crippen molar-refractivity contribution in [1.29, 1.82) is 0 Å². The van der Waals surface area contributed by atoms with Gasteiger partial charge in [0.2, 0.25) is 5.89 Å². The molecule has 37 heavy (non-hydrogen) atoms. The Bertz CT molecular complexity index is 1440. The molecule has 2 N–H and O–H groups in total. The molecular formula is C24H23ClF3N7O2. The summed E-state index contributed by atoms with van der Waals surface area (Å²) >= 11 is 6.11. The zero-order valence-electron chi connectivity index (χ0n) is 19.7. The lowest BCUT2D eigenvalue weighted by molar-refractivity contribution is -0.140. The van der Waals surface area contributed by atoms with Gasteiger partial charge in [-0.05, 0) is 56.9 Å². The lowest BCUT2D eigenvalue weighted by atomic mass is 9.90. The van der Waals surface area contributed by atoms with Crippen molar-refractivity contribution < 1.29 is 22.5 Å². The van der Waals surface area contributed by atoms with Crippen LogP contribution in [0.2, 0.25) is 5.02 Å². The lowest BCUT2D eigenvalue weighted by Gasteiger charge is -2.31. The molecule has 3 aromatic heterocycles. The number of hydrogen-bond acceptors (Lipinski definition) is 7. The molecule has 1 aromatic carbocycles. The largest absolute Gasteiger partial charge is 0.433 e. The van der Waals surface area contributed by atoms with Crippen molar-refractivity contribution in [1.82, 2.24) is 30.2 Å². The van der Waals surface area contributed by atoms with Crippen LogP contribution in [-0.2, 0) is 12.7 Å². The molecule has 1 fully saturated rings. The number of halogens is 4. The van der Waals surface area contributed by atoms with Crippen LogP contribution in [-0.4, -0.2) is 42.9 Å². The van der Waals surface area contributed by atoms with Crippen LogP contribution in [0.1, 0.15) is 53.5 Å². The van der Waals surface area contributed by atoms with Gasteiger partial charge in [0.25, 0.3) is 5.91 Å². The van der Waals surface area contributed by atoms with Crippen molar-refractivity contribution in [2.24, 2.45) is 0 Å². The molecule has 0 saturated heterocycles. The number of pyridine rings is 1. The highest BCUT2D eigenvalue weighted by Crippen LogP contribution is 2.35. The van der Waals surface area contributed by atoms with E-state index in [1.165, 1.54) is 23.0 Å². The smallest absolute Gasteiger partial charge is 0.382 e. The second-order valence-corrected chi connectivity index (χ2v) is 9.49. The van der Waals surface area contributed by atoms with Crippen LogP contribution < -0.4 is 10.6 Å². The molecule has 194 valence electrons. The van der Waals surface area contributed by atoms with Crippen molar-refractivity contribution in [2.75, 3.05) is 5.32 Å². The van der Waals surface area contributed by atoms with Crippen molar-refractivity contribution in [3.05, 3.63) is 64.7 Å². The first-order valence-corrected chi connectivity index (χ1v) is 12.1. The fraction of sp³-hybridized carbons (Fsp3) is 0.375. The van der Waals surface area contributed by atoms with Gasteiger partial charge in [-0.2, -0.15) is 23.3 Å². The average Bonchev–Trinajstić information content (AvgIpc) is 3.48. The maximum atomic E-state index is 13.5. The van der Waals surface area contributed by atoms with Gasteiger partial charge in [-0.3, -0.25) is 9.48 Å². The molecular weight excluding hydrogens is 511 g/mol. The highest BCUT2D eigenvalue weighted by Gasteiger charge is 2.34. The molecule has 13 heteroatoms. The molecule has 4 aromatic rings. The lowest BCUT2D eigenvalue weighted by Crippen LogP contribution is -2.41. The van der Waals surface area contributed by atoms with Crippen LogP contribution in [0, 0.1) is 6.92 Å². The number of nitrogens with one attached hydrogen (secondary N) is 2. The molecule has 5 rings (SSSR count). The molecule has 1 aliphatic rings. The Hall–Kier alpha value is -3.67. The molecule has 9 nitrogen and oxygen atoms in total. The summed E-state index contributed by atoms with van der Waals surface area (Å²) in [6.45, 7) is 1.95. The van der Waals surface area contributed by atoms with E-state index in [1.807, 2.05) is 0 Å². The third kappa shape index (κ3) is 5.85. The normalized spacial score (nSPS) is 18.2. The van der Waals surface area contributed by atoms with Crippen LogP contribution in [0.15, 0.2) is 41.2 Å². The second-order valence-electron chi connectivity index (χ2n) is 9.05. The summed E-state index contributed by atoms with van der Waals surface area (Å²) in [6.07, 6.45) is 1.33. The number of alkyl halides is 3. The van der Waals surface area contributed by atoms with Crippen molar-refractivity contribution in [2.45, 2.75) is 57.4 Å². The zero-order valence-corrected chi connectivity index (χ0v) is 20.5. The maximum absolute atomic E-state index is 13.5. The summed E-state index contributed by atoms with van der Waals surface area (Å²) in [5.74, 6) is 0.615. The highest BCUT2D eigenvalue weighted by atomic mass is 35.5. The number of amides is 1. The van der Waals surface area contributed by atoms with E-state index in [2.05, 4.69) is 30.9 Å². The predicted molar refractivity (Wildman–Crippen MR) is 129 cm³/mol. The Morgan fingerprint density at radius 2 is 2.03 bits per heavy atom. The van der Waals surface area contributed by atoms with Gasteiger partial charge in [-0.1, -0.05) is 16.8 Å². The van der Waals surface area contributed by atoms with E-state index >= 15 is 0 Å². The van der Waals surface area contributed by atoms with Gasteiger partial charge in [0.1, 0.15) is 12.2 Å². The van der Waals surface area contributed by atoms with E-state index in [0.717, 1.165) is 25.3 Å². The zero-order chi connectivity index (χ0) is 26.2. The summed E-state index contributed by atoms with van der Waals surface area (Å²) in [7, 11) is 0. The molecule has 0 bridgehead atoms. The summed E-state index contributed by atoms with van der Waals surface area (Å²) in [5.41, 5.74) is -0.0708. The molecule has 2 atom stereocenters.